The molecule has 0 atom stereocenters. The van der Waals surface area contributed by atoms with Crippen LogP contribution in [0.3, 0.4) is 0 Å². The Morgan fingerprint density at radius 3 is 2.65 bits per heavy atom. The molecule has 1 aliphatic rings. The molecule has 132 valence electrons. The number of allylic oxidation sites excluding steroid dienone is 1. The Morgan fingerprint density at radius 1 is 1.08 bits per heavy atom. The molecule has 4 rings (SSSR count). The second-order valence-corrected chi connectivity index (χ2v) is 7.43. The van der Waals surface area contributed by atoms with Gasteiger partial charge in [-0.2, -0.15) is 0 Å². The molecule has 0 spiro atoms. The molecule has 2 heterocycles. The first kappa shape index (κ1) is 16.5. The van der Waals surface area contributed by atoms with Crippen LogP contribution in [-0.2, 0) is 5.54 Å². The van der Waals surface area contributed by atoms with E-state index >= 15 is 0 Å². The first-order valence-electron chi connectivity index (χ1n) is 8.75. The average Bonchev–Trinajstić information content (AvgIpc) is 3.27. The number of rotatable bonds is 3. The number of benzene rings is 2. The molecule has 0 amide bonds. The highest BCUT2D eigenvalue weighted by Crippen LogP contribution is 2.31. The summed E-state index contributed by atoms with van der Waals surface area (Å²) in [7, 11) is 1.69. The van der Waals surface area contributed by atoms with E-state index < -0.39 is 0 Å². The van der Waals surface area contributed by atoms with E-state index in [-0.39, 0.29) is 5.54 Å². The highest BCUT2D eigenvalue weighted by atomic mass is 16.5. The van der Waals surface area contributed by atoms with E-state index in [0.29, 0.717) is 0 Å². The number of fused-ring (bicyclic) bond motifs is 1. The third kappa shape index (κ3) is 2.79. The molecule has 0 aliphatic carbocycles. The maximum Gasteiger partial charge on any atom is 0.128 e. The zero-order valence-corrected chi connectivity index (χ0v) is 15.5. The fourth-order valence-corrected chi connectivity index (χ4v) is 3.24. The van der Waals surface area contributed by atoms with Crippen molar-refractivity contribution in [2.75, 3.05) is 7.11 Å². The van der Waals surface area contributed by atoms with Crippen molar-refractivity contribution in [1.29, 1.82) is 0 Å². The Labute approximate surface area is 153 Å². The van der Waals surface area contributed by atoms with Crippen LogP contribution in [0.25, 0.3) is 16.7 Å². The lowest BCUT2D eigenvalue weighted by molar-refractivity contribution is 0.358. The molecule has 1 aliphatic heterocycles. The van der Waals surface area contributed by atoms with Crippen LogP contribution in [0.15, 0.2) is 53.5 Å². The predicted molar refractivity (Wildman–Crippen MR) is 105 cm³/mol. The zero-order chi connectivity index (χ0) is 18.3. The summed E-state index contributed by atoms with van der Waals surface area (Å²) >= 11 is 0. The number of aliphatic imine (C=N–C) groups is 1. The van der Waals surface area contributed by atoms with Gasteiger partial charge >= 0.3 is 0 Å². The minimum absolute atomic E-state index is 0.0975. The van der Waals surface area contributed by atoms with E-state index in [1.807, 2.05) is 28.9 Å². The second kappa shape index (κ2) is 6.09. The van der Waals surface area contributed by atoms with Gasteiger partial charge in [-0.15, -0.1) is 5.10 Å². The molecule has 5 nitrogen and oxygen atoms in total. The first-order valence-corrected chi connectivity index (χ1v) is 8.75. The van der Waals surface area contributed by atoms with Gasteiger partial charge in [0.1, 0.15) is 11.3 Å². The molecule has 0 N–H and O–H groups in total. The summed E-state index contributed by atoms with van der Waals surface area (Å²) in [6.07, 6.45) is 2.94. The Hall–Kier alpha value is -2.95. The standard InChI is InChI=1S/C21H22N4O/c1-21(2,3)25-19-12-9-14(13-18(19)23-24-25)16-10-11-17(22-16)15-7-5-6-8-20(15)26-4/h5-9,11-13H,10H2,1-4H3. The van der Waals surface area contributed by atoms with Crippen LogP contribution in [0.2, 0.25) is 0 Å². The number of methoxy groups -OCH3 is 1. The van der Waals surface area contributed by atoms with Gasteiger partial charge in [-0.05, 0) is 50.6 Å². The highest BCUT2D eigenvalue weighted by Gasteiger charge is 2.20. The molecule has 0 fully saturated rings. The van der Waals surface area contributed by atoms with Gasteiger partial charge in [0.15, 0.2) is 0 Å². The molecule has 0 saturated heterocycles. The van der Waals surface area contributed by atoms with Crippen LogP contribution >= 0.6 is 0 Å². The maximum atomic E-state index is 5.46. The predicted octanol–water partition coefficient (Wildman–Crippen LogP) is 4.43. The van der Waals surface area contributed by atoms with Crippen LogP contribution < -0.4 is 4.74 Å². The summed E-state index contributed by atoms with van der Waals surface area (Å²) in [4.78, 5) is 4.84. The number of ether oxygens (including phenoxy) is 1. The Kier molecular flexibility index (Phi) is 3.87. The van der Waals surface area contributed by atoms with E-state index in [1.54, 1.807) is 7.11 Å². The summed E-state index contributed by atoms with van der Waals surface area (Å²) in [6, 6.07) is 14.2. The van der Waals surface area contributed by atoms with Crippen LogP contribution in [0.1, 0.15) is 38.3 Å². The van der Waals surface area contributed by atoms with Crippen molar-refractivity contribution >= 4 is 22.4 Å². The Morgan fingerprint density at radius 2 is 1.88 bits per heavy atom. The molecule has 0 radical (unpaired) electrons. The number of hydrogen-bond acceptors (Lipinski definition) is 4. The van der Waals surface area contributed by atoms with Crippen molar-refractivity contribution in [3.05, 3.63) is 59.7 Å². The number of para-hydroxylation sites is 1. The minimum Gasteiger partial charge on any atom is -0.496 e. The largest absolute Gasteiger partial charge is 0.496 e. The van der Waals surface area contributed by atoms with E-state index in [0.717, 1.165) is 45.7 Å². The van der Waals surface area contributed by atoms with Gasteiger partial charge in [-0.1, -0.05) is 29.5 Å². The molecule has 0 bridgehead atoms. The van der Waals surface area contributed by atoms with E-state index in [4.69, 9.17) is 9.73 Å². The van der Waals surface area contributed by atoms with Crippen LogP contribution in [0, 0.1) is 0 Å². The van der Waals surface area contributed by atoms with Gasteiger partial charge < -0.3 is 4.74 Å². The molecule has 5 heteroatoms. The minimum atomic E-state index is -0.0975. The van der Waals surface area contributed by atoms with E-state index in [9.17, 15) is 0 Å². The lowest BCUT2D eigenvalue weighted by atomic mass is 10.1. The van der Waals surface area contributed by atoms with Crippen LogP contribution in [-0.4, -0.2) is 27.8 Å². The summed E-state index contributed by atoms with van der Waals surface area (Å²) < 4.78 is 7.42. The maximum absolute atomic E-state index is 5.46. The van der Waals surface area contributed by atoms with Crippen molar-refractivity contribution in [3.63, 3.8) is 0 Å². The lowest BCUT2D eigenvalue weighted by Crippen LogP contribution is -2.23. The highest BCUT2D eigenvalue weighted by molar-refractivity contribution is 6.08. The second-order valence-electron chi connectivity index (χ2n) is 7.43. The van der Waals surface area contributed by atoms with Crippen molar-refractivity contribution in [2.24, 2.45) is 4.99 Å². The SMILES string of the molecule is COc1ccccc1C1=CCC(c2ccc3c(c2)nnn3C(C)(C)C)=N1. The monoisotopic (exact) mass is 346 g/mol. The van der Waals surface area contributed by atoms with Gasteiger partial charge in [0.25, 0.3) is 0 Å². The average molecular weight is 346 g/mol. The molecule has 1 aromatic heterocycles. The molecular formula is C21H22N4O. The van der Waals surface area contributed by atoms with Gasteiger partial charge in [0.05, 0.1) is 29.6 Å². The van der Waals surface area contributed by atoms with Crippen molar-refractivity contribution in [2.45, 2.75) is 32.7 Å². The molecule has 0 saturated carbocycles. The smallest absolute Gasteiger partial charge is 0.128 e. The quantitative estimate of drug-likeness (QED) is 0.705. The number of nitrogens with zero attached hydrogens (tertiary/aromatic N) is 4. The van der Waals surface area contributed by atoms with Crippen molar-refractivity contribution < 1.29 is 4.74 Å². The normalized spacial score (nSPS) is 14.5. The van der Waals surface area contributed by atoms with Crippen LogP contribution in [0.4, 0.5) is 0 Å². The van der Waals surface area contributed by atoms with E-state index in [1.165, 1.54) is 0 Å². The van der Waals surface area contributed by atoms with Gasteiger partial charge in [-0.25, -0.2) is 4.68 Å². The van der Waals surface area contributed by atoms with Crippen LogP contribution in [0.5, 0.6) is 5.75 Å². The van der Waals surface area contributed by atoms with Crippen molar-refractivity contribution in [1.82, 2.24) is 15.0 Å². The number of aromatic nitrogens is 3. The van der Waals surface area contributed by atoms with Gasteiger partial charge in [0.2, 0.25) is 0 Å². The summed E-state index contributed by atoms with van der Waals surface area (Å²) in [5.41, 5.74) is 5.93. The Bertz CT molecular complexity index is 1040. The third-order valence-electron chi connectivity index (χ3n) is 4.54. The fourth-order valence-electron chi connectivity index (χ4n) is 3.24. The lowest BCUT2D eigenvalue weighted by Gasteiger charge is -2.19. The van der Waals surface area contributed by atoms with Gasteiger partial charge in [-0.3, -0.25) is 4.99 Å². The summed E-state index contributed by atoms with van der Waals surface area (Å²) in [5.74, 6) is 0.840. The molecule has 3 aromatic rings. The molecule has 2 aromatic carbocycles. The number of hydrogen-bond donors (Lipinski definition) is 0. The molecule has 0 unspecified atom stereocenters. The molecular weight excluding hydrogens is 324 g/mol. The third-order valence-corrected chi connectivity index (χ3v) is 4.54. The topological polar surface area (TPSA) is 52.3 Å². The zero-order valence-electron chi connectivity index (χ0n) is 15.5. The first-order chi connectivity index (χ1) is 12.5. The van der Waals surface area contributed by atoms with E-state index in [2.05, 4.69) is 55.4 Å². The molecule has 26 heavy (non-hydrogen) atoms. The van der Waals surface area contributed by atoms with Gasteiger partial charge in [0, 0.05) is 12.0 Å². The summed E-state index contributed by atoms with van der Waals surface area (Å²) in [6.45, 7) is 6.37. The van der Waals surface area contributed by atoms with Crippen molar-refractivity contribution in [3.8, 4) is 5.75 Å². The summed E-state index contributed by atoms with van der Waals surface area (Å²) in [5, 5.41) is 8.66. The fraction of sp³-hybridized carbons (Fsp3) is 0.286. The Balaban J connectivity index is 1.69.